The van der Waals surface area contributed by atoms with E-state index in [0.29, 0.717) is 32.9 Å². The average Bonchev–Trinajstić information content (AvgIpc) is 2.36. The zero-order valence-electron chi connectivity index (χ0n) is 7.44. The fourth-order valence-corrected chi connectivity index (χ4v) is 3.08. The highest BCUT2D eigenvalue weighted by Gasteiger charge is 2.19. The summed E-state index contributed by atoms with van der Waals surface area (Å²) in [5, 5.41) is 3.84. The van der Waals surface area contributed by atoms with Gasteiger partial charge in [-0.3, -0.25) is 4.79 Å². The summed E-state index contributed by atoms with van der Waals surface area (Å²) >= 11 is 19.3. The summed E-state index contributed by atoms with van der Waals surface area (Å²) in [4.78, 5) is 12.1. The van der Waals surface area contributed by atoms with Gasteiger partial charge < -0.3 is 5.32 Å². The van der Waals surface area contributed by atoms with Crippen LogP contribution in [-0.2, 0) is 4.79 Å². The molecule has 0 spiro atoms. The largest absolute Gasteiger partial charge is 0.325 e. The Hall–Kier alpha value is -0.0900. The van der Waals surface area contributed by atoms with Gasteiger partial charge in [0.1, 0.15) is 0 Å². The Morgan fingerprint density at radius 1 is 1.27 bits per heavy atom. The molecule has 0 aliphatic carbocycles. The predicted molar refractivity (Wildman–Crippen MR) is 65.4 cm³/mol. The molecule has 1 N–H and O–H groups in total. The topological polar surface area (TPSA) is 29.1 Å². The van der Waals surface area contributed by atoms with E-state index in [1.54, 1.807) is 6.07 Å². The first-order chi connectivity index (χ1) is 7.09. The maximum absolute atomic E-state index is 11.3. The van der Waals surface area contributed by atoms with Crippen LogP contribution < -0.4 is 5.32 Å². The summed E-state index contributed by atoms with van der Waals surface area (Å²) in [5.41, 5.74) is 0.641. The van der Waals surface area contributed by atoms with Gasteiger partial charge in [0.05, 0.1) is 25.7 Å². The van der Waals surface area contributed by atoms with Crippen LogP contribution in [0.2, 0.25) is 15.1 Å². The van der Waals surface area contributed by atoms with Crippen LogP contribution in [0.25, 0.3) is 0 Å². The number of hydrogen-bond acceptors (Lipinski definition) is 2. The second-order valence-corrected chi connectivity index (χ2v) is 5.28. The van der Waals surface area contributed by atoms with Crippen molar-refractivity contribution in [2.45, 2.75) is 11.3 Å². The normalized spacial score (nSPS) is 15.5. The quantitative estimate of drug-likeness (QED) is 0.726. The molecule has 1 amide bonds. The minimum Gasteiger partial charge on any atom is -0.325 e. The first-order valence-electron chi connectivity index (χ1n) is 4.19. The van der Waals surface area contributed by atoms with E-state index in [0.717, 1.165) is 4.90 Å². The monoisotopic (exact) mass is 281 g/mol. The van der Waals surface area contributed by atoms with Crippen LogP contribution in [-0.4, -0.2) is 11.7 Å². The van der Waals surface area contributed by atoms with Crippen LogP contribution in [0.5, 0.6) is 0 Å². The number of halogens is 3. The summed E-state index contributed by atoms with van der Waals surface area (Å²) in [6, 6.07) is 1.63. The van der Waals surface area contributed by atoms with E-state index in [9.17, 15) is 4.79 Å². The van der Waals surface area contributed by atoms with Crippen LogP contribution in [0, 0.1) is 0 Å². The van der Waals surface area contributed by atoms with Crippen molar-refractivity contribution in [3.05, 3.63) is 21.1 Å². The zero-order chi connectivity index (χ0) is 11.0. The smallest absolute Gasteiger partial charge is 0.225 e. The third-order valence-corrected chi connectivity index (χ3v) is 4.46. The van der Waals surface area contributed by atoms with E-state index < -0.39 is 0 Å². The first-order valence-corrected chi connectivity index (χ1v) is 6.31. The van der Waals surface area contributed by atoms with E-state index in [1.165, 1.54) is 11.8 Å². The van der Waals surface area contributed by atoms with Gasteiger partial charge in [-0.2, -0.15) is 0 Å². The highest BCUT2D eigenvalue weighted by Crippen LogP contribution is 2.44. The van der Waals surface area contributed by atoms with Gasteiger partial charge in [0.15, 0.2) is 0 Å². The lowest BCUT2D eigenvalue weighted by molar-refractivity contribution is -0.115. The van der Waals surface area contributed by atoms with Gasteiger partial charge in [-0.1, -0.05) is 34.8 Å². The molecule has 2 rings (SSSR count). The zero-order valence-corrected chi connectivity index (χ0v) is 10.5. The molecule has 15 heavy (non-hydrogen) atoms. The van der Waals surface area contributed by atoms with Crippen molar-refractivity contribution in [2.24, 2.45) is 0 Å². The highest BCUT2D eigenvalue weighted by atomic mass is 35.5. The van der Waals surface area contributed by atoms with E-state index >= 15 is 0 Å². The second kappa shape index (κ2) is 4.42. The number of benzene rings is 1. The Balaban J connectivity index is 2.57. The van der Waals surface area contributed by atoms with Gasteiger partial charge in [-0.15, -0.1) is 11.8 Å². The van der Waals surface area contributed by atoms with Crippen LogP contribution in [0.3, 0.4) is 0 Å². The fraction of sp³-hybridized carbons (Fsp3) is 0.222. The summed E-state index contributed by atoms with van der Waals surface area (Å²) in [6.07, 6.45) is 0.463. The Labute approximate surface area is 106 Å². The van der Waals surface area contributed by atoms with Gasteiger partial charge in [0.25, 0.3) is 0 Å². The number of hydrogen-bond donors (Lipinski definition) is 1. The summed E-state index contributed by atoms with van der Waals surface area (Å²) in [6.45, 7) is 0. The summed E-state index contributed by atoms with van der Waals surface area (Å²) in [5.74, 6) is 0.659. The Morgan fingerprint density at radius 3 is 2.73 bits per heavy atom. The van der Waals surface area contributed by atoms with E-state index in [4.69, 9.17) is 34.8 Å². The van der Waals surface area contributed by atoms with Crippen LogP contribution >= 0.6 is 46.6 Å². The number of anilines is 1. The standard InChI is InChI=1S/C9H6Cl3NOS/c10-4-3-5-9(8(12)7(4)11)15-2-1-6(14)13-5/h3H,1-2H2,(H,13,14). The summed E-state index contributed by atoms with van der Waals surface area (Å²) in [7, 11) is 0. The van der Waals surface area contributed by atoms with Gasteiger partial charge in [0.2, 0.25) is 5.91 Å². The third kappa shape index (κ3) is 2.21. The Morgan fingerprint density at radius 2 is 2.00 bits per heavy atom. The fourth-order valence-electron chi connectivity index (χ4n) is 1.27. The molecule has 0 unspecified atom stereocenters. The molecule has 1 heterocycles. The molecule has 0 radical (unpaired) electrons. The lowest BCUT2D eigenvalue weighted by Crippen LogP contribution is -2.10. The molecule has 0 fully saturated rings. The molecule has 1 aliphatic rings. The first kappa shape index (κ1) is 11.4. The van der Waals surface area contributed by atoms with Gasteiger partial charge in [-0.05, 0) is 6.07 Å². The SMILES string of the molecule is O=C1CCSc2c(cc(Cl)c(Cl)c2Cl)N1. The molecule has 0 atom stereocenters. The van der Waals surface area contributed by atoms with Gasteiger partial charge >= 0.3 is 0 Å². The van der Waals surface area contributed by atoms with Crippen LogP contribution in [0.1, 0.15) is 6.42 Å². The molecule has 2 nitrogen and oxygen atoms in total. The molecule has 0 bridgehead atoms. The Bertz CT molecular complexity index is 436. The molecule has 80 valence electrons. The van der Waals surface area contributed by atoms with Crippen LogP contribution in [0.4, 0.5) is 5.69 Å². The second-order valence-electron chi connectivity index (χ2n) is 3.01. The minimum absolute atomic E-state index is 0.0318. The molecular weight excluding hydrogens is 277 g/mol. The van der Waals surface area contributed by atoms with Crippen molar-refractivity contribution in [3.63, 3.8) is 0 Å². The number of nitrogens with one attached hydrogen (secondary N) is 1. The lowest BCUT2D eigenvalue weighted by Gasteiger charge is -2.10. The number of fused-ring (bicyclic) bond motifs is 1. The molecular formula is C9H6Cl3NOS. The van der Waals surface area contributed by atoms with Crippen LogP contribution in [0.15, 0.2) is 11.0 Å². The molecule has 0 saturated carbocycles. The number of thioether (sulfide) groups is 1. The molecule has 1 aromatic carbocycles. The third-order valence-electron chi connectivity index (χ3n) is 1.97. The predicted octanol–water partition coefficient (Wildman–Crippen LogP) is 4.08. The van der Waals surface area contributed by atoms with Crippen molar-refractivity contribution < 1.29 is 4.79 Å². The number of carbonyl (C=O) groups is 1. The number of rotatable bonds is 0. The molecule has 6 heteroatoms. The Kier molecular flexibility index (Phi) is 3.36. The van der Waals surface area contributed by atoms with Crippen molar-refractivity contribution in [2.75, 3.05) is 11.1 Å². The van der Waals surface area contributed by atoms with E-state index in [2.05, 4.69) is 5.32 Å². The van der Waals surface area contributed by atoms with Gasteiger partial charge in [0, 0.05) is 12.2 Å². The highest BCUT2D eigenvalue weighted by molar-refractivity contribution is 7.99. The maximum atomic E-state index is 11.3. The minimum atomic E-state index is -0.0318. The van der Waals surface area contributed by atoms with E-state index in [1.807, 2.05) is 0 Å². The average molecular weight is 283 g/mol. The maximum Gasteiger partial charge on any atom is 0.225 e. The van der Waals surface area contributed by atoms with Crippen molar-refractivity contribution >= 4 is 58.2 Å². The molecule has 1 aromatic rings. The molecule has 0 saturated heterocycles. The molecule has 0 aromatic heterocycles. The number of amides is 1. The van der Waals surface area contributed by atoms with Crippen molar-refractivity contribution in [1.29, 1.82) is 0 Å². The van der Waals surface area contributed by atoms with Gasteiger partial charge in [-0.25, -0.2) is 0 Å². The number of carbonyl (C=O) groups excluding carboxylic acids is 1. The van der Waals surface area contributed by atoms with Crippen molar-refractivity contribution in [1.82, 2.24) is 0 Å². The van der Waals surface area contributed by atoms with E-state index in [-0.39, 0.29) is 5.91 Å². The lowest BCUT2D eigenvalue weighted by atomic mass is 10.3. The molecule has 1 aliphatic heterocycles. The summed E-state index contributed by atoms with van der Waals surface area (Å²) < 4.78 is 0. The van der Waals surface area contributed by atoms with Crippen molar-refractivity contribution in [3.8, 4) is 0 Å².